The van der Waals surface area contributed by atoms with Gasteiger partial charge in [-0.3, -0.25) is 4.79 Å². The molecular weight excluding hydrogens is 403 g/mol. The van der Waals surface area contributed by atoms with Gasteiger partial charge in [0.1, 0.15) is 10.6 Å². The average Bonchev–Trinajstić information content (AvgIpc) is 2.99. The summed E-state index contributed by atoms with van der Waals surface area (Å²) in [7, 11) is 0. The second-order valence-electron chi connectivity index (χ2n) is 7.08. The number of ether oxygens (including phenoxy) is 1. The highest BCUT2D eigenvalue weighted by molar-refractivity contribution is 7.19. The molecule has 1 aliphatic carbocycles. The molecule has 0 amide bonds. The van der Waals surface area contributed by atoms with Crippen LogP contribution in [-0.2, 0) is 24.1 Å². The molecule has 0 atom stereocenters. The van der Waals surface area contributed by atoms with Gasteiger partial charge in [-0.05, 0) is 67.0 Å². The third kappa shape index (κ3) is 3.94. The lowest BCUT2D eigenvalue weighted by atomic mass is 9.89. The molecule has 0 radical (unpaired) electrons. The lowest BCUT2D eigenvalue weighted by molar-refractivity contribution is -0.274. The van der Waals surface area contributed by atoms with Crippen molar-refractivity contribution in [3.63, 3.8) is 0 Å². The Bertz CT molecular complexity index is 1090. The number of halogens is 3. The number of nitrogens with zero attached hydrogens (tertiary/aromatic N) is 1. The summed E-state index contributed by atoms with van der Waals surface area (Å²) >= 11 is 1.63. The second-order valence-corrected chi connectivity index (χ2v) is 8.17. The first kappa shape index (κ1) is 19.7. The van der Waals surface area contributed by atoms with Crippen LogP contribution in [-0.4, -0.2) is 22.4 Å². The molecule has 0 saturated carbocycles. The summed E-state index contributed by atoms with van der Waals surface area (Å²) in [6.07, 6.45) is -0.923. The predicted octanol–water partition coefficient (Wildman–Crippen LogP) is 5.68. The molecule has 29 heavy (non-hydrogen) atoms. The summed E-state index contributed by atoms with van der Waals surface area (Å²) < 4.78 is 41.4. The van der Waals surface area contributed by atoms with Crippen LogP contribution in [0.25, 0.3) is 21.3 Å². The monoisotopic (exact) mass is 421 g/mol. The molecule has 0 bridgehead atoms. The summed E-state index contributed by atoms with van der Waals surface area (Å²) in [5, 5.41) is 10.4. The minimum Gasteiger partial charge on any atom is -0.481 e. The van der Waals surface area contributed by atoms with Gasteiger partial charge >= 0.3 is 12.3 Å². The lowest BCUT2D eigenvalue weighted by Crippen LogP contribution is -2.17. The molecule has 0 fully saturated rings. The highest BCUT2D eigenvalue weighted by atomic mass is 32.1. The van der Waals surface area contributed by atoms with E-state index in [1.807, 2.05) is 0 Å². The van der Waals surface area contributed by atoms with E-state index in [-0.39, 0.29) is 12.2 Å². The maximum atomic E-state index is 12.5. The van der Waals surface area contributed by atoms with Crippen molar-refractivity contribution in [3.05, 3.63) is 46.0 Å². The van der Waals surface area contributed by atoms with Crippen molar-refractivity contribution >= 4 is 27.5 Å². The van der Waals surface area contributed by atoms with Gasteiger partial charge in [-0.25, -0.2) is 4.98 Å². The smallest absolute Gasteiger partial charge is 0.481 e. The van der Waals surface area contributed by atoms with E-state index < -0.39 is 12.3 Å². The van der Waals surface area contributed by atoms with Crippen LogP contribution in [0.3, 0.4) is 0 Å². The van der Waals surface area contributed by atoms with Crippen molar-refractivity contribution < 1.29 is 27.8 Å². The maximum absolute atomic E-state index is 12.5. The third-order valence-corrected chi connectivity index (χ3v) is 6.30. The number of hydrogen-bond acceptors (Lipinski definition) is 4. The minimum absolute atomic E-state index is 0.199. The van der Waals surface area contributed by atoms with E-state index in [2.05, 4.69) is 9.72 Å². The molecule has 1 aromatic carbocycles. The molecule has 152 valence electrons. The van der Waals surface area contributed by atoms with Gasteiger partial charge in [-0.15, -0.1) is 24.5 Å². The Morgan fingerprint density at radius 1 is 1.21 bits per heavy atom. The van der Waals surface area contributed by atoms with Gasteiger partial charge in [0.2, 0.25) is 0 Å². The van der Waals surface area contributed by atoms with Crippen LogP contribution in [0.2, 0.25) is 0 Å². The van der Waals surface area contributed by atoms with E-state index in [0.717, 1.165) is 41.5 Å². The molecule has 0 spiro atoms. The normalized spacial score (nSPS) is 14.1. The number of carbonyl (C=O) groups is 1. The van der Waals surface area contributed by atoms with Gasteiger partial charge in [0.25, 0.3) is 0 Å². The van der Waals surface area contributed by atoms with E-state index in [1.165, 1.54) is 22.6 Å². The first-order valence-electron chi connectivity index (χ1n) is 9.24. The Balaban J connectivity index is 1.93. The standard InChI is InChI=1S/C21H18F3NO3S/c1-11-15(10-17(26)27)18(12-6-8-13(9-7-12)28-21(22,23)24)19-14-4-2-3-5-16(14)29-20(19)25-11/h6-9H,2-5,10H2,1H3,(H,26,27). The molecular formula is C21H18F3NO3S. The molecule has 4 nitrogen and oxygen atoms in total. The predicted molar refractivity (Wildman–Crippen MR) is 104 cm³/mol. The Morgan fingerprint density at radius 2 is 1.90 bits per heavy atom. The van der Waals surface area contributed by atoms with E-state index in [4.69, 9.17) is 0 Å². The molecule has 1 N–H and O–H groups in total. The summed E-state index contributed by atoms with van der Waals surface area (Å²) in [5.74, 6) is -1.29. The molecule has 2 aromatic heterocycles. The average molecular weight is 421 g/mol. The fourth-order valence-electron chi connectivity index (χ4n) is 3.95. The highest BCUT2D eigenvalue weighted by Gasteiger charge is 2.31. The second kappa shape index (κ2) is 7.33. The van der Waals surface area contributed by atoms with E-state index in [9.17, 15) is 23.1 Å². The number of carboxylic acid groups (broad SMARTS) is 1. The molecule has 8 heteroatoms. The number of pyridine rings is 1. The van der Waals surface area contributed by atoms with Gasteiger partial charge in [-0.1, -0.05) is 12.1 Å². The van der Waals surface area contributed by atoms with Crippen LogP contribution in [0, 0.1) is 6.92 Å². The van der Waals surface area contributed by atoms with Crippen molar-refractivity contribution in [2.24, 2.45) is 0 Å². The number of benzene rings is 1. The zero-order valence-electron chi connectivity index (χ0n) is 15.6. The number of fused-ring (bicyclic) bond motifs is 3. The molecule has 3 aromatic rings. The Morgan fingerprint density at radius 3 is 2.55 bits per heavy atom. The van der Waals surface area contributed by atoms with Crippen molar-refractivity contribution in [2.45, 2.75) is 45.4 Å². The number of aliphatic carboxylic acids is 1. The SMILES string of the molecule is Cc1nc2sc3c(c2c(-c2ccc(OC(F)(F)F)cc2)c1CC(=O)O)CCCC3. The number of carboxylic acids is 1. The first-order chi connectivity index (χ1) is 13.7. The number of aryl methyl sites for hydroxylation is 3. The number of rotatable bonds is 4. The van der Waals surface area contributed by atoms with Crippen molar-refractivity contribution in [2.75, 3.05) is 0 Å². The van der Waals surface area contributed by atoms with Crippen LogP contribution in [0.5, 0.6) is 5.75 Å². The molecule has 4 rings (SSSR count). The van der Waals surface area contributed by atoms with E-state index in [0.29, 0.717) is 16.8 Å². The largest absolute Gasteiger partial charge is 0.573 e. The lowest BCUT2D eigenvalue weighted by Gasteiger charge is -2.17. The zero-order valence-corrected chi connectivity index (χ0v) is 16.4. The van der Waals surface area contributed by atoms with Crippen LogP contribution in [0.1, 0.15) is 34.5 Å². The van der Waals surface area contributed by atoms with Gasteiger partial charge in [-0.2, -0.15) is 0 Å². The Labute approximate surface area is 169 Å². The third-order valence-electron chi connectivity index (χ3n) is 5.12. The van der Waals surface area contributed by atoms with E-state index in [1.54, 1.807) is 30.4 Å². The molecule has 0 saturated heterocycles. The summed E-state index contributed by atoms with van der Waals surface area (Å²) in [6.45, 7) is 1.78. The number of hydrogen-bond donors (Lipinski definition) is 1. The molecule has 1 aliphatic rings. The van der Waals surface area contributed by atoms with Gasteiger partial charge in [0, 0.05) is 16.0 Å². The van der Waals surface area contributed by atoms with Gasteiger partial charge in [0.05, 0.1) is 6.42 Å². The zero-order chi connectivity index (χ0) is 20.8. The van der Waals surface area contributed by atoms with Gasteiger partial charge < -0.3 is 9.84 Å². The molecule has 0 aliphatic heterocycles. The fraction of sp³-hybridized carbons (Fsp3) is 0.333. The minimum atomic E-state index is -4.76. The van der Waals surface area contributed by atoms with Crippen LogP contribution < -0.4 is 4.74 Å². The van der Waals surface area contributed by atoms with Crippen molar-refractivity contribution in [1.82, 2.24) is 4.98 Å². The van der Waals surface area contributed by atoms with Crippen LogP contribution >= 0.6 is 11.3 Å². The summed E-state index contributed by atoms with van der Waals surface area (Å²) in [5.41, 5.74) is 3.84. The number of aromatic nitrogens is 1. The van der Waals surface area contributed by atoms with Crippen molar-refractivity contribution in [3.8, 4) is 16.9 Å². The van der Waals surface area contributed by atoms with Gasteiger partial charge in [0.15, 0.2) is 0 Å². The first-order valence-corrected chi connectivity index (χ1v) is 10.1. The number of thiophene rings is 1. The maximum Gasteiger partial charge on any atom is 0.573 e. The quantitative estimate of drug-likeness (QED) is 0.589. The topological polar surface area (TPSA) is 59.4 Å². The molecule has 2 heterocycles. The Hall–Kier alpha value is -2.61. The summed E-state index contributed by atoms with van der Waals surface area (Å²) in [6, 6.07) is 5.61. The van der Waals surface area contributed by atoms with Crippen LogP contribution in [0.4, 0.5) is 13.2 Å². The fourth-order valence-corrected chi connectivity index (χ4v) is 5.27. The van der Waals surface area contributed by atoms with Crippen LogP contribution in [0.15, 0.2) is 24.3 Å². The molecule has 0 unspecified atom stereocenters. The highest BCUT2D eigenvalue weighted by Crippen LogP contribution is 2.43. The van der Waals surface area contributed by atoms with E-state index >= 15 is 0 Å². The number of alkyl halides is 3. The Kier molecular flexibility index (Phi) is 4.98. The van der Waals surface area contributed by atoms with Crippen molar-refractivity contribution in [1.29, 1.82) is 0 Å². The summed E-state index contributed by atoms with van der Waals surface area (Å²) in [4.78, 5) is 18.3.